The smallest absolute Gasteiger partial charge is 0.357 e. The van der Waals surface area contributed by atoms with Crippen LogP contribution in [-0.2, 0) is 12.7 Å². The summed E-state index contributed by atoms with van der Waals surface area (Å²) in [6.07, 6.45) is 0.0443. The van der Waals surface area contributed by atoms with E-state index in [1.807, 2.05) is 23.9 Å². The molecule has 0 bridgehead atoms. The van der Waals surface area contributed by atoms with E-state index in [1.165, 1.54) is 0 Å². The zero-order valence-electron chi connectivity index (χ0n) is 16.6. The van der Waals surface area contributed by atoms with Crippen LogP contribution in [-0.4, -0.2) is 47.8 Å². The summed E-state index contributed by atoms with van der Waals surface area (Å²) < 4.78 is 39.5. The van der Waals surface area contributed by atoms with Gasteiger partial charge in [-0.3, -0.25) is 14.5 Å². The molecule has 0 unspecified atom stereocenters. The van der Waals surface area contributed by atoms with Crippen LogP contribution < -0.4 is 16.0 Å². The Morgan fingerprint density at radius 3 is 2.43 bits per heavy atom. The number of rotatable bonds is 9. The number of aromatic nitrogens is 2. The average Bonchev–Trinajstić information content (AvgIpc) is 3.21. The number of aryl methyl sites for hydroxylation is 1. The van der Waals surface area contributed by atoms with Crippen molar-refractivity contribution in [3.05, 3.63) is 53.9 Å². The van der Waals surface area contributed by atoms with Crippen molar-refractivity contribution in [2.45, 2.75) is 26.1 Å². The van der Waals surface area contributed by atoms with Gasteiger partial charge < -0.3 is 16.0 Å². The molecule has 7 nitrogen and oxygen atoms in total. The molecule has 3 N–H and O–H groups in total. The van der Waals surface area contributed by atoms with E-state index < -0.39 is 17.6 Å². The fourth-order valence-electron chi connectivity index (χ4n) is 2.47. The predicted molar refractivity (Wildman–Crippen MR) is 120 cm³/mol. The van der Waals surface area contributed by atoms with Gasteiger partial charge in [0.05, 0.1) is 5.56 Å². The number of amides is 1. The monoisotopic (exact) mass is 538 g/mol. The van der Waals surface area contributed by atoms with Crippen LogP contribution in [0.25, 0.3) is 0 Å². The molecule has 1 heterocycles. The highest BCUT2D eigenvalue weighted by molar-refractivity contribution is 14.0. The van der Waals surface area contributed by atoms with Crippen molar-refractivity contribution < 1.29 is 18.0 Å². The molecular weight excluding hydrogens is 512 g/mol. The lowest BCUT2D eigenvalue weighted by molar-refractivity contribution is -0.137. The van der Waals surface area contributed by atoms with E-state index in [0.29, 0.717) is 32.1 Å². The van der Waals surface area contributed by atoms with Crippen molar-refractivity contribution in [3.8, 4) is 0 Å². The third-order valence-electron chi connectivity index (χ3n) is 3.90. The number of guanidine groups is 1. The van der Waals surface area contributed by atoms with Gasteiger partial charge in [-0.05, 0) is 43.7 Å². The maximum absolute atomic E-state index is 12.6. The molecule has 0 atom stereocenters. The van der Waals surface area contributed by atoms with Crippen molar-refractivity contribution in [2.24, 2.45) is 4.99 Å². The number of carbonyl (C=O) groups is 1. The van der Waals surface area contributed by atoms with Gasteiger partial charge in [-0.15, -0.1) is 24.0 Å². The van der Waals surface area contributed by atoms with E-state index in [-0.39, 0.29) is 29.5 Å². The Labute approximate surface area is 190 Å². The van der Waals surface area contributed by atoms with Crippen molar-refractivity contribution in [3.63, 3.8) is 0 Å². The molecule has 0 spiro atoms. The van der Waals surface area contributed by atoms with Crippen molar-refractivity contribution in [2.75, 3.05) is 26.2 Å². The first kappa shape index (κ1) is 25.7. The second-order valence-corrected chi connectivity index (χ2v) is 6.14. The number of carbonyl (C=O) groups excluding carboxylic acids is 1. The molecule has 1 aromatic carbocycles. The van der Waals surface area contributed by atoms with Crippen molar-refractivity contribution >= 4 is 35.8 Å². The lowest BCUT2D eigenvalue weighted by atomic mass is 10.1. The molecule has 0 fully saturated rings. The molecule has 0 aliphatic heterocycles. The summed E-state index contributed by atoms with van der Waals surface area (Å²) in [5.41, 5.74) is -0.605. The van der Waals surface area contributed by atoms with E-state index >= 15 is 0 Å². The summed E-state index contributed by atoms with van der Waals surface area (Å²) in [6, 6.07) is 5.99. The van der Waals surface area contributed by atoms with Gasteiger partial charge in [-0.1, -0.05) is 0 Å². The fraction of sp³-hybridized carbons (Fsp3) is 0.421. The Kier molecular flexibility index (Phi) is 11.2. The fourth-order valence-corrected chi connectivity index (χ4v) is 2.47. The lowest BCUT2D eigenvalue weighted by Crippen LogP contribution is -2.41. The van der Waals surface area contributed by atoms with E-state index in [0.717, 1.165) is 37.2 Å². The van der Waals surface area contributed by atoms with E-state index in [1.54, 1.807) is 6.20 Å². The van der Waals surface area contributed by atoms with Gasteiger partial charge in [0.15, 0.2) is 5.96 Å². The van der Waals surface area contributed by atoms with E-state index in [4.69, 9.17) is 0 Å². The Morgan fingerprint density at radius 1 is 1.13 bits per heavy atom. The van der Waals surface area contributed by atoms with Gasteiger partial charge in [-0.2, -0.15) is 18.3 Å². The van der Waals surface area contributed by atoms with Crippen LogP contribution in [0.3, 0.4) is 0 Å². The highest BCUT2D eigenvalue weighted by atomic mass is 127. The topological polar surface area (TPSA) is 83.3 Å². The molecule has 0 aliphatic rings. The van der Waals surface area contributed by atoms with Crippen molar-refractivity contribution in [1.29, 1.82) is 0 Å². The summed E-state index contributed by atoms with van der Waals surface area (Å²) in [4.78, 5) is 16.5. The van der Waals surface area contributed by atoms with Crippen LogP contribution in [0.15, 0.2) is 47.7 Å². The van der Waals surface area contributed by atoms with Gasteiger partial charge in [0.1, 0.15) is 0 Å². The standard InChI is InChI=1S/C19H25F3N6O.HI/c1-2-23-18(25-9-3-13-28-14-4-10-27-28)26-12-11-24-17(29)15-5-7-16(8-6-15)19(20,21)22;/h4-8,10,14H,2-3,9,11-13H2,1H3,(H,24,29)(H2,23,25,26);1H. The summed E-state index contributed by atoms with van der Waals surface area (Å²) in [6.45, 7) is 4.78. The second-order valence-electron chi connectivity index (χ2n) is 6.14. The van der Waals surface area contributed by atoms with Crippen LogP contribution in [0.4, 0.5) is 13.2 Å². The van der Waals surface area contributed by atoms with Crippen LogP contribution in [0.2, 0.25) is 0 Å². The molecule has 1 aromatic heterocycles. The highest BCUT2D eigenvalue weighted by Gasteiger charge is 2.30. The van der Waals surface area contributed by atoms with Crippen LogP contribution in [0, 0.1) is 0 Å². The number of alkyl halides is 3. The minimum absolute atomic E-state index is 0. The SMILES string of the molecule is CCNC(=NCCCn1cccn1)NCCNC(=O)c1ccc(C(F)(F)F)cc1.I. The number of aliphatic imine (C=N–C) groups is 1. The first-order valence-corrected chi connectivity index (χ1v) is 9.35. The van der Waals surface area contributed by atoms with E-state index in [9.17, 15) is 18.0 Å². The minimum atomic E-state index is -4.42. The molecular formula is C19H26F3IN6O. The molecule has 2 aromatic rings. The molecule has 0 saturated heterocycles. The number of halogens is 4. The van der Waals surface area contributed by atoms with E-state index in [2.05, 4.69) is 26.0 Å². The van der Waals surface area contributed by atoms with Gasteiger partial charge in [0.2, 0.25) is 0 Å². The molecule has 1 amide bonds. The normalized spacial score (nSPS) is 11.5. The van der Waals surface area contributed by atoms with Crippen LogP contribution >= 0.6 is 24.0 Å². The Hall–Kier alpha value is -2.31. The maximum Gasteiger partial charge on any atom is 0.416 e. The Bertz CT molecular complexity index is 779. The van der Waals surface area contributed by atoms with Gasteiger partial charge in [-0.25, -0.2) is 0 Å². The second kappa shape index (κ2) is 13.1. The molecule has 166 valence electrons. The molecule has 0 saturated carbocycles. The maximum atomic E-state index is 12.6. The Morgan fingerprint density at radius 2 is 1.83 bits per heavy atom. The van der Waals surface area contributed by atoms with Crippen LogP contribution in [0.5, 0.6) is 0 Å². The van der Waals surface area contributed by atoms with Gasteiger partial charge >= 0.3 is 6.18 Å². The lowest BCUT2D eigenvalue weighted by Gasteiger charge is -2.12. The zero-order valence-corrected chi connectivity index (χ0v) is 18.9. The molecule has 0 radical (unpaired) electrons. The Balaban J connectivity index is 0.00000450. The summed E-state index contributed by atoms with van der Waals surface area (Å²) in [5.74, 6) is 0.207. The number of nitrogens with zero attached hydrogens (tertiary/aromatic N) is 3. The molecule has 11 heteroatoms. The minimum Gasteiger partial charge on any atom is -0.357 e. The highest BCUT2D eigenvalue weighted by Crippen LogP contribution is 2.28. The third-order valence-corrected chi connectivity index (χ3v) is 3.90. The predicted octanol–water partition coefficient (Wildman–Crippen LogP) is 2.90. The molecule has 30 heavy (non-hydrogen) atoms. The molecule has 2 rings (SSSR count). The summed E-state index contributed by atoms with van der Waals surface area (Å²) in [5, 5.41) is 13.0. The molecule has 0 aliphatic carbocycles. The summed E-state index contributed by atoms with van der Waals surface area (Å²) >= 11 is 0. The number of benzene rings is 1. The first-order valence-electron chi connectivity index (χ1n) is 9.35. The summed E-state index contributed by atoms with van der Waals surface area (Å²) in [7, 11) is 0. The van der Waals surface area contributed by atoms with Crippen LogP contribution in [0.1, 0.15) is 29.3 Å². The quantitative estimate of drug-likeness (QED) is 0.199. The van der Waals surface area contributed by atoms with Crippen molar-refractivity contribution in [1.82, 2.24) is 25.7 Å². The number of nitrogens with one attached hydrogen (secondary N) is 3. The van der Waals surface area contributed by atoms with Gasteiger partial charge in [0, 0.05) is 50.7 Å². The number of hydrogen-bond acceptors (Lipinski definition) is 3. The van der Waals surface area contributed by atoms with Gasteiger partial charge in [0.25, 0.3) is 5.91 Å². The average molecular weight is 538 g/mol. The zero-order chi connectivity index (χ0) is 21.1. The third kappa shape index (κ3) is 9.01. The number of hydrogen-bond donors (Lipinski definition) is 3. The largest absolute Gasteiger partial charge is 0.416 e. The first-order chi connectivity index (χ1) is 13.9.